The third-order valence-corrected chi connectivity index (χ3v) is 4.97. The second-order valence-corrected chi connectivity index (χ2v) is 7.44. The SMILES string of the molecule is COc1cccc(COC(=O)c2ccc(S(=O)(=O)NC(C)C)cc2)c1. The zero-order chi connectivity index (χ0) is 18.4. The van der Waals surface area contributed by atoms with Gasteiger partial charge in [0.15, 0.2) is 0 Å². The van der Waals surface area contributed by atoms with Crippen LogP contribution in [0, 0.1) is 0 Å². The van der Waals surface area contributed by atoms with E-state index in [9.17, 15) is 13.2 Å². The maximum absolute atomic E-state index is 12.1. The number of carbonyl (C=O) groups excluding carboxylic acids is 1. The first kappa shape index (κ1) is 19.0. The van der Waals surface area contributed by atoms with Crippen LogP contribution in [0.4, 0.5) is 0 Å². The number of esters is 1. The van der Waals surface area contributed by atoms with E-state index in [2.05, 4.69) is 4.72 Å². The minimum atomic E-state index is -3.58. The predicted molar refractivity (Wildman–Crippen MR) is 94.0 cm³/mol. The molecule has 0 fully saturated rings. The summed E-state index contributed by atoms with van der Waals surface area (Å²) in [7, 11) is -2.02. The lowest BCUT2D eigenvalue weighted by atomic mass is 10.2. The van der Waals surface area contributed by atoms with Crippen LogP contribution in [0.1, 0.15) is 29.8 Å². The molecule has 0 aliphatic carbocycles. The minimum absolute atomic E-state index is 0.102. The average Bonchev–Trinajstić information content (AvgIpc) is 2.59. The molecular weight excluding hydrogens is 342 g/mol. The Balaban J connectivity index is 2.03. The van der Waals surface area contributed by atoms with Gasteiger partial charge in [-0.15, -0.1) is 0 Å². The van der Waals surface area contributed by atoms with E-state index in [0.717, 1.165) is 5.56 Å². The van der Waals surface area contributed by atoms with Crippen molar-refractivity contribution in [2.45, 2.75) is 31.4 Å². The lowest BCUT2D eigenvalue weighted by Gasteiger charge is -2.10. The Morgan fingerprint density at radius 3 is 2.40 bits per heavy atom. The van der Waals surface area contributed by atoms with E-state index in [1.165, 1.54) is 24.3 Å². The van der Waals surface area contributed by atoms with Crippen molar-refractivity contribution < 1.29 is 22.7 Å². The van der Waals surface area contributed by atoms with Gasteiger partial charge in [-0.1, -0.05) is 12.1 Å². The Morgan fingerprint density at radius 1 is 1.12 bits per heavy atom. The van der Waals surface area contributed by atoms with Crippen molar-refractivity contribution in [3.8, 4) is 5.75 Å². The Labute approximate surface area is 147 Å². The normalized spacial score (nSPS) is 11.4. The number of methoxy groups -OCH3 is 1. The van der Waals surface area contributed by atoms with Crippen molar-refractivity contribution in [1.82, 2.24) is 4.72 Å². The Kier molecular flexibility index (Phi) is 6.17. The number of carbonyl (C=O) groups is 1. The van der Waals surface area contributed by atoms with Gasteiger partial charge in [-0.3, -0.25) is 0 Å². The van der Waals surface area contributed by atoms with E-state index in [1.54, 1.807) is 33.1 Å². The third-order valence-electron chi connectivity index (χ3n) is 3.30. The van der Waals surface area contributed by atoms with Gasteiger partial charge in [-0.05, 0) is 55.8 Å². The van der Waals surface area contributed by atoms with Crippen LogP contribution in [0.15, 0.2) is 53.4 Å². The topological polar surface area (TPSA) is 81.7 Å². The molecule has 0 heterocycles. The fourth-order valence-corrected chi connectivity index (χ4v) is 3.39. The molecule has 2 rings (SSSR count). The van der Waals surface area contributed by atoms with Crippen molar-refractivity contribution in [2.24, 2.45) is 0 Å². The number of hydrogen-bond acceptors (Lipinski definition) is 5. The highest BCUT2D eigenvalue weighted by Gasteiger charge is 2.16. The standard InChI is InChI=1S/C18H21NO5S/c1-13(2)19-25(21,22)17-9-7-15(8-10-17)18(20)24-12-14-5-4-6-16(11-14)23-3/h4-11,13,19H,12H2,1-3H3. The third kappa shape index (κ3) is 5.30. The van der Waals surface area contributed by atoms with Crippen molar-refractivity contribution in [3.05, 3.63) is 59.7 Å². The highest BCUT2D eigenvalue weighted by Crippen LogP contribution is 2.15. The first-order chi connectivity index (χ1) is 11.8. The van der Waals surface area contributed by atoms with Crippen molar-refractivity contribution in [1.29, 1.82) is 0 Å². The fraction of sp³-hybridized carbons (Fsp3) is 0.278. The van der Waals surface area contributed by atoms with E-state index in [0.29, 0.717) is 5.75 Å². The molecule has 0 saturated carbocycles. The molecule has 0 spiro atoms. The van der Waals surface area contributed by atoms with Crippen LogP contribution in [0.2, 0.25) is 0 Å². The van der Waals surface area contributed by atoms with Gasteiger partial charge in [0.25, 0.3) is 0 Å². The lowest BCUT2D eigenvalue weighted by Crippen LogP contribution is -2.30. The molecule has 1 N–H and O–H groups in total. The molecule has 0 radical (unpaired) electrons. The molecule has 6 nitrogen and oxygen atoms in total. The average molecular weight is 363 g/mol. The summed E-state index contributed by atoms with van der Waals surface area (Å²) in [5.41, 5.74) is 1.08. The summed E-state index contributed by atoms with van der Waals surface area (Å²) in [6, 6.07) is 12.6. The largest absolute Gasteiger partial charge is 0.497 e. The smallest absolute Gasteiger partial charge is 0.338 e. The molecule has 0 aliphatic heterocycles. The summed E-state index contributed by atoms with van der Waals surface area (Å²) in [5, 5.41) is 0. The van der Waals surface area contributed by atoms with E-state index in [4.69, 9.17) is 9.47 Å². The maximum atomic E-state index is 12.1. The van der Waals surface area contributed by atoms with Gasteiger partial charge in [-0.25, -0.2) is 17.9 Å². The van der Waals surface area contributed by atoms with E-state index >= 15 is 0 Å². The summed E-state index contributed by atoms with van der Waals surface area (Å²) in [6.07, 6.45) is 0. The highest BCUT2D eigenvalue weighted by atomic mass is 32.2. The Morgan fingerprint density at radius 2 is 1.80 bits per heavy atom. The van der Waals surface area contributed by atoms with Crippen molar-refractivity contribution >= 4 is 16.0 Å². The van der Waals surface area contributed by atoms with Crippen LogP contribution in [0.25, 0.3) is 0 Å². The Bertz CT molecular complexity index is 829. The van der Waals surface area contributed by atoms with Crippen LogP contribution in [0.5, 0.6) is 5.75 Å². The van der Waals surface area contributed by atoms with E-state index < -0.39 is 16.0 Å². The van der Waals surface area contributed by atoms with Gasteiger partial charge in [-0.2, -0.15) is 0 Å². The molecule has 0 bridgehead atoms. The number of hydrogen-bond donors (Lipinski definition) is 1. The van der Waals surface area contributed by atoms with Crippen LogP contribution < -0.4 is 9.46 Å². The summed E-state index contributed by atoms with van der Waals surface area (Å²) in [6.45, 7) is 3.58. The van der Waals surface area contributed by atoms with Crippen LogP contribution in [-0.4, -0.2) is 27.5 Å². The number of nitrogens with one attached hydrogen (secondary N) is 1. The molecule has 7 heteroatoms. The molecule has 25 heavy (non-hydrogen) atoms. The first-order valence-corrected chi connectivity index (χ1v) is 9.22. The fourth-order valence-electron chi connectivity index (χ4n) is 2.14. The first-order valence-electron chi connectivity index (χ1n) is 7.74. The zero-order valence-electron chi connectivity index (χ0n) is 14.4. The maximum Gasteiger partial charge on any atom is 0.338 e. The van der Waals surface area contributed by atoms with E-state index in [1.807, 2.05) is 12.1 Å². The van der Waals surface area contributed by atoms with Crippen LogP contribution in [-0.2, 0) is 21.4 Å². The second kappa shape index (κ2) is 8.13. The lowest BCUT2D eigenvalue weighted by molar-refractivity contribution is 0.0472. The highest BCUT2D eigenvalue weighted by molar-refractivity contribution is 7.89. The van der Waals surface area contributed by atoms with Gasteiger partial charge in [0.1, 0.15) is 12.4 Å². The molecular formula is C18H21NO5S. The number of benzene rings is 2. The Hall–Kier alpha value is -2.38. The number of ether oxygens (including phenoxy) is 2. The van der Waals surface area contributed by atoms with Gasteiger partial charge >= 0.3 is 5.97 Å². The van der Waals surface area contributed by atoms with Crippen LogP contribution in [0.3, 0.4) is 0 Å². The van der Waals surface area contributed by atoms with Gasteiger partial charge in [0.2, 0.25) is 10.0 Å². The summed E-state index contributed by atoms with van der Waals surface area (Å²) >= 11 is 0. The molecule has 0 aromatic heterocycles. The van der Waals surface area contributed by atoms with Crippen LogP contribution >= 0.6 is 0 Å². The second-order valence-electron chi connectivity index (χ2n) is 5.73. The van der Waals surface area contributed by atoms with Gasteiger partial charge < -0.3 is 9.47 Å². The molecule has 2 aromatic rings. The molecule has 0 aliphatic rings. The summed E-state index contributed by atoms with van der Waals surface area (Å²) in [5.74, 6) is 0.157. The molecule has 0 atom stereocenters. The number of sulfonamides is 1. The summed E-state index contributed by atoms with van der Waals surface area (Å²) < 4.78 is 37.0. The molecule has 2 aromatic carbocycles. The minimum Gasteiger partial charge on any atom is -0.497 e. The van der Waals surface area contributed by atoms with Crippen molar-refractivity contribution in [2.75, 3.05) is 7.11 Å². The molecule has 0 saturated heterocycles. The van der Waals surface area contributed by atoms with Gasteiger partial charge in [0.05, 0.1) is 17.6 Å². The molecule has 0 amide bonds. The number of rotatable bonds is 7. The van der Waals surface area contributed by atoms with Crippen molar-refractivity contribution in [3.63, 3.8) is 0 Å². The monoisotopic (exact) mass is 363 g/mol. The molecule has 134 valence electrons. The quantitative estimate of drug-likeness (QED) is 0.765. The molecule has 0 unspecified atom stereocenters. The predicted octanol–water partition coefficient (Wildman–Crippen LogP) is 2.74. The zero-order valence-corrected chi connectivity index (χ0v) is 15.2. The summed E-state index contributed by atoms with van der Waals surface area (Å²) in [4.78, 5) is 12.2. The van der Waals surface area contributed by atoms with Gasteiger partial charge in [0, 0.05) is 6.04 Å². The van der Waals surface area contributed by atoms with E-state index in [-0.39, 0.29) is 23.1 Å².